The average Bonchev–Trinajstić information content (AvgIpc) is 3.31. The minimum Gasteiger partial charge on any atom is -0.462 e. The third-order valence-electron chi connectivity index (χ3n) is 14.2. The molecule has 0 aliphatic heterocycles. The molecule has 0 N–H and O–H groups in total. The van der Waals surface area contributed by atoms with Crippen LogP contribution in [0.1, 0.15) is 349 Å². The Morgan fingerprint density at radius 1 is 0.279 bits per heavy atom. The molecule has 0 bridgehead atoms. The van der Waals surface area contributed by atoms with Gasteiger partial charge in [-0.1, -0.05) is 311 Å². The van der Waals surface area contributed by atoms with Crippen molar-refractivity contribution >= 4 is 17.9 Å². The molecule has 0 amide bonds. The van der Waals surface area contributed by atoms with Gasteiger partial charge in [-0.05, 0) is 31.1 Å². The van der Waals surface area contributed by atoms with Crippen LogP contribution in [0.5, 0.6) is 0 Å². The van der Waals surface area contributed by atoms with Crippen LogP contribution in [0.2, 0.25) is 0 Å². The molecular weight excluding hydrogens is 841 g/mol. The van der Waals surface area contributed by atoms with E-state index in [4.69, 9.17) is 14.2 Å². The van der Waals surface area contributed by atoms with Crippen molar-refractivity contribution in [3.05, 3.63) is 0 Å². The number of rotatable bonds is 56. The second-order valence-corrected chi connectivity index (χ2v) is 22.3. The van der Waals surface area contributed by atoms with Crippen molar-refractivity contribution in [2.24, 2.45) is 11.8 Å². The van der Waals surface area contributed by atoms with E-state index < -0.39 is 6.10 Å². The number of hydrogen-bond donors (Lipinski definition) is 0. The number of ether oxygens (including phenoxy) is 3. The summed E-state index contributed by atoms with van der Waals surface area (Å²) in [4.78, 5) is 38.2. The van der Waals surface area contributed by atoms with Crippen LogP contribution >= 0.6 is 0 Å². The lowest BCUT2D eigenvalue weighted by molar-refractivity contribution is -0.167. The molecule has 0 fully saturated rings. The molecule has 0 aliphatic rings. The molecule has 0 aromatic carbocycles. The lowest BCUT2D eigenvalue weighted by Gasteiger charge is -2.18. The van der Waals surface area contributed by atoms with Crippen molar-refractivity contribution in [1.82, 2.24) is 0 Å². The quantitative estimate of drug-likeness (QED) is 0.0343. The van der Waals surface area contributed by atoms with Gasteiger partial charge in [-0.15, -0.1) is 0 Å². The predicted molar refractivity (Wildman–Crippen MR) is 293 cm³/mol. The molecule has 0 radical (unpaired) electrons. The molecule has 0 aromatic rings. The van der Waals surface area contributed by atoms with Gasteiger partial charge in [0.15, 0.2) is 6.10 Å². The Morgan fingerprint density at radius 3 is 0.721 bits per heavy atom. The summed E-state index contributed by atoms with van der Waals surface area (Å²) in [5, 5.41) is 0. The summed E-state index contributed by atoms with van der Waals surface area (Å²) < 4.78 is 16.9. The third kappa shape index (κ3) is 55.3. The van der Waals surface area contributed by atoms with E-state index in [-0.39, 0.29) is 31.1 Å². The van der Waals surface area contributed by atoms with Gasteiger partial charge in [0.25, 0.3) is 0 Å². The zero-order chi connectivity index (χ0) is 49.6. The van der Waals surface area contributed by atoms with E-state index in [0.717, 1.165) is 69.6 Å². The molecule has 0 aromatic heterocycles. The number of hydrogen-bond acceptors (Lipinski definition) is 6. The van der Waals surface area contributed by atoms with Crippen LogP contribution in [0.4, 0.5) is 0 Å². The number of unbranched alkanes of at least 4 members (excludes halogenated alkanes) is 41. The number of carbonyl (C=O) groups is 3. The summed E-state index contributed by atoms with van der Waals surface area (Å²) in [6.07, 6.45) is 59.6. The average molecular weight is 962 g/mol. The van der Waals surface area contributed by atoms with E-state index in [9.17, 15) is 14.4 Å². The fourth-order valence-corrected chi connectivity index (χ4v) is 9.58. The second kappa shape index (κ2) is 54.7. The van der Waals surface area contributed by atoms with E-state index in [1.807, 2.05) is 0 Å². The molecule has 0 aliphatic carbocycles. The molecule has 404 valence electrons. The first-order valence-electron chi connectivity index (χ1n) is 30.7. The standard InChI is InChI=1S/C62H120O6/c1-6-7-8-9-10-11-12-13-14-15-19-22-27-32-37-42-47-52-60(63)66-55-59(56-67-61(64)53-48-43-38-33-29-24-26-31-36-41-46-51-58(4)5)68-62(65)54-49-44-39-34-28-23-20-17-16-18-21-25-30-35-40-45-50-57(2)3/h57-59H,6-56H2,1-5H3/t59-/m0/s1. The first kappa shape index (κ1) is 66.4. The summed E-state index contributed by atoms with van der Waals surface area (Å²) in [6.45, 7) is 11.4. The van der Waals surface area contributed by atoms with E-state index in [0.29, 0.717) is 19.3 Å². The van der Waals surface area contributed by atoms with Gasteiger partial charge in [0.05, 0.1) is 0 Å². The number of carbonyl (C=O) groups excluding carboxylic acids is 3. The van der Waals surface area contributed by atoms with Gasteiger partial charge in [0, 0.05) is 19.3 Å². The smallest absolute Gasteiger partial charge is 0.306 e. The molecule has 0 unspecified atom stereocenters. The zero-order valence-electron chi connectivity index (χ0n) is 46.7. The van der Waals surface area contributed by atoms with Gasteiger partial charge >= 0.3 is 17.9 Å². The Balaban J connectivity index is 4.28. The van der Waals surface area contributed by atoms with Gasteiger partial charge in [-0.2, -0.15) is 0 Å². The van der Waals surface area contributed by atoms with Gasteiger partial charge in [0.1, 0.15) is 13.2 Å². The maximum absolute atomic E-state index is 12.9. The van der Waals surface area contributed by atoms with E-state index in [1.54, 1.807) is 0 Å². The largest absolute Gasteiger partial charge is 0.462 e. The van der Waals surface area contributed by atoms with Crippen LogP contribution in [0.15, 0.2) is 0 Å². The lowest BCUT2D eigenvalue weighted by atomic mass is 10.0. The van der Waals surface area contributed by atoms with Crippen molar-refractivity contribution in [3.8, 4) is 0 Å². The Bertz CT molecular complexity index is 1040. The van der Waals surface area contributed by atoms with Crippen LogP contribution in [-0.2, 0) is 28.6 Å². The minimum atomic E-state index is -0.763. The topological polar surface area (TPSA) is 78.9 Å². The van der Waals surface area contributed by atoms with Crippen molar-refractivity contribution in [2.45, 2.75) is 355 Å². The van der Waals surface area contributed by atoms with Crippen LogP contribution in [0.3, 0.4) is 0 Å². The number of esters is 3. The maximum atomic E-state index is 12.9. The van der Waals surface area contributed by atoms with Crippen molar-refractivity contribution < 1.29 is 28.6 Å². The predicted octanol–water partition coefficient (Wildman–Crippen LogP) is 20.4. The molecule has 6 nitrogen and oxygen atoms in total. The van der Waals surface area contributed by atoms with Crippen LogP contribution in [0.25, 0.3) is 0 Å². The van der Waals surface area contributed by atoms with E-state index >= 15 is 0 Å². The normalized spacial score (nSPS) is 12.0. The fraction of sp³-hybridized carbons (Fsp3) is 0.952. The first-order chi connectivity index (χ1) is 33.2. The summed E-state index contributed by atoms with van der Waals surface area (Å²) in [6, 6.07) is 0. The highest BCUT2D eigenvalue weighted by Crippen LogP contribution is 2.19. The summed E-state index contributed by atoms with van der Waals surface area (Å²) in [5.74, 6) is 0.844. The summed E-state index contributed by atoms with van der Waals surface area (Å²) in [5.41, 5.74) is 0. The Labute approximate surface area is 425 Å². The molecule has 6 heteroatoms. The van der Waals surface area contributed by atoms with Crippen molar-refractivity contribution in [3.63, 3.8) is 0 Å². The van der Waals surface area contributed by atoms with Crippen molar-refractivity contribution in [1.29, 1.82) is 0 Å². The lowest BCUT2D eigenvalue weighted by Crippen LogP contribution is -2.30. The molecule has 1 atom stereocenters. The van der Waals surface area contributed by atoms with E-state index in [1.165, 1.54) is 238 Å². The molecule has 68 heavy (non-hydrogen) atoms. The molecule has 0 spiro atoms. The molecule has 0 saturated carbocycles. The van der Waals surface area contributed by atoms with Crippen LogP contribution < -0.4 is 0 Å². The second-order valence-electron chi connectivity index (χ2n) is 22.3. The minimum absolute atomic E-state index is 0.0622. The van der Waals surface area contributed by atoms with Gasteiger partial charge in [-0.25, -0.2) is 0 Å². The van der Waals surface area contributed by atoms with Crippen LogP contribution in [-0.4, -0.2) is 37.2 Å². The SMILES string of the molecule is CCCCCCCCCCCCCCCCCCCC(=O)OC[C@@H](COC(=O)CCCCCCCCCCCCCC(C)C)OC(=O)CCCCCCCCCCCCCCCCCCC(C)C. The van der Waals surface area contributed by atoms with Gasteiger partial charge in [-0.3, -0.25) is 14.4 Å². The monoisotopic (exact) mass is 961 g/mol. The molecule has 0 saturated heterocycles. The van der Waals surface area contributed by atoms with E-state index in [2.05, 4.69) is 34.6 Å². The third-order valence-corrected chi connectivity index (χ3v) is 14.2. The highest BCUT2D eigenvalue weighted by atomic mass is 16.6. The maximum Gasteiger partial charge on any atom is 0.306 e. The molecule has 0 heterocycles. The summed E-state index contributed by atoms with van der Waals surface area (Å²) >= 11 is 0. The van der Waals surface area contributed by atoms with Gasteiger partial charge in [0.2, 0.25) is 0 Å². The summed E-state index contributed by atoms with van der Waals surface area (Å²) in [7, 11) is 0. The molecular formula is C62H120O6. The Morgan fingerprint density at radius 2 is 0.485 bits per heavy atom. The molecule has 0 rings (SSSR count). The van der Waals surface area contributed by atoms with Crippen LogP contribution in [0, 0.1) is 11.8 Å². The fourth-order valence-electron chi connectivity index (χ4n) is 9.58. The van der Waals surface area contributed by atoms with Crippen molar-refractivity contribution in [2.75, 3.05) is 13.2 Å². The Hall–Kier alpha value is -1.59. The highest BCUT2D eigenvalue weighted by molar-refractivity contribution is 5.71. The van der Waals surface area contributed by atoms with Gasteiger partial charge < -0.3 is 14.2 Å². The first-order valence-corrected chi connectivity index (χ1v) is 30.7. The highest BCUT2D eigenvalue weighted by Gasteiger charge is 2.19. The Kier molecular flexibility index (Phi) is 53.5. The zero-order valence-corrected chi connectivity index (χ0v) is 46.7.